The van der Waals surface area contributed by atoms with Gasteiger partial charge in [-0.3, -0.25) is 9.59 Å². The summed E-state index contributed by atoms with van der Waals surface area (Å²) in [6, 6.07) is -0.929. The van der Waals surface area contributed by atoms with Gasteiger partial charge in [0.15, 0.2) is 0 Å². The molecule has 4 N–H and O–H groups in total. The lowest BCUT2D eigenvalue weighted by atomic mass is 10.1. The number of hydrogen-bond acceptors (Lipinski definition) is 8. The predicted molar refractivity (Wildman–Crippen MR) is 203 cm³/mol. The first-order valence-corrected chi connectivity index (χ1v) is 20.0. The van der Waals surface area contributed by atoms with E-state index in [4.69, 9.17) is 4.74 Å². The van der Waals surface area contributed by atoms with Gasteiger partial charge in [-0.25, -0.2) is 4.79 Å². The Morgan fingerprint density at radius 1 is 0.771 bits per heavy atom. The molecule has 270 valence electrons. The number of allylic oxidation sites excluding steroid dienone is 12. The minimum absolute atomic E-state index is 0.0105. The van der Waals surface area contributed by atoms with Crippen molar-refractivity contribution in [2.75, 3.05) is 25.5 Å². The Bertz CT molecular complexity index is 1030. The number of aliphatic hydroxyl groups is 2. The van der Waals surface area contributed by atoms with E-state index in [1.807, 2.05) is 33.7 Å². The molecular formula is C38H60N2O6S2. The third-order valence-electron chi connectivity index (χ3n) is 7.34. The SMILES string of the molecule is CCC=CCC=CCC=CCC=CCC=CCC=CCCC(=O)N[C@@H](CCCNC(=O)CCCC[C@@H]1CCSS1)C(=O)OC(CO)CO. The lowest BCUT2D eigenvalue weighted by Crippen LogP contribution is -2.44. The fourth-order valence-corrected chi connectivity index (χ4v) is 7.62. The van der Waals surface area contributed by atoms with Crippen LogP contribution in [0.5, 0.6) is 0 Å². The maximum Gasteiger partial charge on any atom is 0.329 e. The normalized spacial score (nSPS) is 16.1. The molecule has 0 radical (unpaired) electrons. The van der Waals surface area contributed by atoms with Crippen molar-refractivity contribution in [1.29, 1.82) is 0 Å². The molecule has 10 heteroatoms. The van der Waals surface area contributed by atoms with Crippen LogP contribution in [-0.2, 0) is 19.1 Å². The Morgan fingerprint density at radius 2 is 1.35 bits per heavy atom. The van der Waals surface area contributed by atoms with Gasteiger partial charge in [0.05, 0.1) is 13.2 Å². The molecule has 1 heterocycles. The second-order valence-corrected chi connectivity index (χ2v) is 14.4. The number of nitrogens with one attached hydrogen (secondary N) is 2. The standard InChI is InChI=1S/C38H60N2O6S2/c1-2-3-4-5-6-7-8-9-10-11-12-13-14-15-16-17-18-19-20-27-37(44)40-35(38(45)46-33(31-41)32-42)25-23-29-39-36(43)26-22-21-24-34-28-30-47-48-34/h3-4,6-7,9-10,12-13,15-16,18-19,33-35,41-42H,2,5,8,11,14,17,20-32H2,1H3,(H,39,43)(H,40,44)/t34-,35+/m1/s1. The van der Waals surface area contributed by atoms with Crippen molar-refractivity contribution in [3.8, 4) is 0 Å². The summed E-state index contributed by atoms with van der Waals surface area (Å²) in [5.41, 5.74) is 0. The molecule has 1 aliphatic rings. The number of ether oxygens (including phenoxy) is 1. The fraction of sp³-hybridized carbons (Fsp3) is 0.605. The Balaban J connectivity index is 2.27. The van der Waals surface area contributed by atoms with Crippen molar-refractivity contribution in [2.24, 2.45) is 0 Å². The van der Waals surface area contributed by atoms with E-state index in [0.29, 0.717) is 31.1 Å². The highest BCUT2D eigenvalue weighted by molar-refractivity contribution is 8.77. The fourth-order valence-electron chi connectivity index (χ4n) is 4.59. The number of hydrogen-bond donors (Lipinski definition) is 4. The molecule has 2 atom stereocenters. The summed E-state index contributed by atoms with van der Waals surface area (Å²) in [7, 11) is 3.89. The van der Waals surface area contributed by atoms with Gasteiger partial charge in [-0.15, -0.1) is 0 Å². The van der Waals surface area contributed by atoms with Gasteiger partial charge in [0.2, 0.25) is 11.8 Å². The summed E-state index contributed by atoms with van der Waals surface area (Å²) in [5, 5.41) is 24.9. The molecular weight excluding hydrogens is 645 g/mol. The minimum Gasteiger partial charge on any atom is -0.456 e. The average Bonchev–Trinajstić information content (AvgIpc) is 3.61. The molecule has 48 heavy (non-hydrogen) atoms. The van der Waals surface area contributed by atoms with E-state index in [2.05, 4.69) is 78.3 Å². The maximum absolute atomic E-state index is 12.7. The Morgan fingerprint density at radius 3 is 1.90 bits per heavy atom. The Labute approximate surface area is 297 Å². The van der Waals surface area contributed by atoms with Crippen LogP contribution in [0.3, 0.4) is 0 Å². The number of unbranched alkanes of at least 4 members (excludes halogenated alkanes) is 1. The lowest BCUT2D eigenvalue weighted by Gasteiger charge is -2.20. The van der Waals surface area contributed by atoms with E-state index in [1.54, 1.807) is 0 Å². The first-order chi connectivity index (χ1) is 23.5. The van der Waals surface area contributed by atoms with Crippen LogP contribution in [0.15, 0.2) is 72.9 Å². The highest BCUT2D eigenvalue weighted by Gasteiger charge is 2.24. The van der Waals surface area contributed by atoms with Gasteiger partial charge < -0.3 is 25.6 Å². The van der Waals surface area contributed by atoms with Crippen molar-refractivity contribution in [2.45, 2.75) is 121 Å². The van der Waals surface area contributed by atoms with E-state index in [9.17, 15) is 24.6 Å². The molecule has 0 aromatic carbocycles. The lowest BCUT2D eigenvalue weighted by molar-refractivity contribution is -0.157. The van der Waals surface area contributed by atoms with Gasteiger partial charge in [0, 0.05) is 30.4 Å². The van der Waals surface area contributed by atoms with Gasteiger partial charge >= 0.3 is 5.97 Å². The summed E-state index contributed by atoms with van der Waals surface area (Å²) in [5.74, 6) is 0.210. The van der Waals surface area contributed by atoms with E-state index in [1.165, 1.54) is 12.2 Å². The van der Waals surface area contributed by atoms with Crippen LogP contribution in [0, 0.1) is 0 Å². The van der Waals surface area contributed by atoms with Gasteiger partial charge in [-0.1, -0.05) is 108 Å². The van der Waals surface area contributed by atoms with E-state index < -0.39 is 31.3 Å². The number of carbonyl (C=O) groups excluding carboxylic acids is 3. The molecule has 1 rings (SSSR count). The largest absolute Gasteiger partial charge is 0.456 e. The zero-order valence-corrected chi connectivity index (χ0v) is 30.6. The average molecular weight is 705 g/mol. The van der Waals surface area contributed by atoms with Gasteiger partial charge in [0.25, 0.3) is 0 Å². The molecule has 1 fully saturated rings. The first-order valence-electron chi connectivity index (χ1n) is 17.7. The zero-order valence-electron chi connectivity index (χ0n) is 28.9. The summed E-state index contributed by atoms with van der Waals surface area (Å²) in [6.07, 6.45) is 36.4. The third-order valence-corrected chi connectivity index (χ3v) is 10.4. The van der Waals surface area contributed by atoms with E-state index >= 15 is 0 Å². The smallest absolute Gasteiger partial charge is 0.329 e. The topological polar surface area (TPSA) is 125 Å². The van der Waals surface area contributed by atoms with Crippen molar-refractivity contribution in [1.82, 2.24) is 10.6 Å². The highest BCUT2D eigenvalue weighted by Crippen LogP contribution is 2.39. The number of carbonyl (C=O) groups is 3. The van der Waals surface area contributed by atoms with Crippen molar-refractivity contribution in [3.05, 3.63) is 72.9 Å². The van der Waals surface area contributed by atoms with Crippen molar-refractivity contribution in [3.63, 3.8) is 0 Å². The van der Waals surface area contributed by atoms with Crippen LogP contribution in [-0.4, -0.2) is 70.9 Å². The van der Waals surface area contributed by atoms with Crippen LogP contribution in [0.4, 0.5) is 0 Å². The summed E-state index contributed by atoms with van der Waals surface area (Å²) in [6.45, 7) is 1.50. The Hall–Kier alpha value is -2.53. The number of rotatable bonds is 28. The summed E-state index contributed by atoms with van der Waals surface area (Å²) in [4.78, 5) is 37.5. The number of aliphatic hydroxyl groups excluding tert-OH is 2. The summed E-state index contributed by atoms with van der Waals surface area (Å²) >= 11 is 0. The quantitative estimate of drug-likeness (QED) is 0.0287. The molecule has 8 nitrogen and oxygen atoms in total. The number of esters is 1. The zero-order chi connectivity index (χ0) is 34.9. The van der Waals surface area contributed by atoms with Gasteiger partial charge in [0.1, 0.15) is 12.1 Å². The van der Waals surface area contributed by atoms with Crippen LogP contribution < -0.4 is 10.6 Å². The highest BCUT2D eigenvalue weighted by atomic mass is 33.1. The molecule has 0 bridgehead atoms. The van der Waals surface area contributed by atoms with Crippen molar-refractivity contribution < 1.29 is 29.3 Å². The molecule has 0 spiro atoms. The van der Waals surface area contributed by atoms with Crippen LogP contribution in [0.2, 0.25) is 0 Å². The first kappa shape index (κ1) is 43.5. The molecule has 0 aliphatic carbocycles. The van der Waals surface area contributed by atoms with E-state index in [-0.39, 0.29) is 24.7 Å². The predicted octanol–water partition coefficient (Wildman–Crippen LogP) is 7.46. The maximum atomic E-state index is 12.7. The molecule has 0 unspecified atom stereocenters. The second kappa shape index (κ2) is 31.7. The molecule has 0 aromatic rings. The molecule has 2 amide bonds. The second-order valence-electron chi connectivity index (χ2n) is 11.6. The molecule has 1 aliphatic heterocycles. The van der Waals surface area contributed by atoms with Crippen LogP contribution >= 0.6 is 21.6 Å². The Kier molecular flexibility index (Phi) is 28.7. The van der Waals surface area contributed by atoms with Gasteiger partial charge in [-0.2, -0.15) is 0 Å². The molecule has 0 aromatic heterocycles. The third kappa shape index (κ3) is 25.5. The minimum atomic E-state index is -1.04. The van der Waals surface area contributed by atoms with Crippen LogP contribution in [0.1, 0.15) is 103 Å². The van der Waals surface area contributed by atoms with E-state index in [0.717, 1.165) is 57.8 Å². The summed E-state index contributed by atoms with van der Waals surface area (Å²) < 4.78 is 5.16. The molecule has 0 saturated carbocycles. The van der Waals surface area contributed by atoms with Crippen molar-refractivity contribution >= 4 is 39.4 Å². The number of amides is 2. The molecule has 1 saturated heterocycles. The van der Waals surface area contributed by atoms with Crippen LogP contribution in [0.25, 0.3) is 0 Å². The van der Waals surface area contributed by atoms with Gasteiger partial charge in [-0.05, 0) is 77.0 Å². The monoisotopic (exact) mass is 704 g/mol.